The maximum absolute atomic E-state index is 3.38. The summed E-state index contributed by atoms with van der Waals surface area (Å²) in [6.07, 6.45) is 5.85. The number of thioether (sulfide) groups is 1. The Kier molecular flexibility index (Phi) is 3.14. The van der Waals surface area contributed by atoms with Gasteiger partial charge in [-0.25, -0.2) is 0 Å². The van der Waals surface area contributed by atoms with Crippen LogP contribution in [0, 0.1) is 0 Å². The number of nitrogens with one attached hydrogen (secondary N) is 1. The molecule has 0 fully saturated rings. The van der Waals surface area contributed by atoms with Crippen molar-refractivity contribution in [1.82, 2.24) is 5.32 Å². The lowest BCUT2D eigenvalue weighted by atomic mass is 9.88. The van der Waals surface area contributed by atoms with Gasteiger partial charge in [0, 0.05) is 10.9 Å². The van der Waals surface area contributed by atoms with Crippen LogP contribution in [0.2, 0.25) is 0 Å². The van der Waals surface area contributed by atoms with Crippen molar-refractivity contribution in [2.45, 2.75) is 30.2 Å². The maximum atomic E-state index is 3.38. The van der Waals surface area contributed by atoms with E-state index >= 15 is 0 Å². The molecule has 1 N–H and O–H groups in total. The van der Waals surface area contributed by atoms with E-state index in [0.29, 0.717) is 6.04 Å². The van der Waals surface area contributed by atoms with Crippen molar-refractivity contribution in [3.8, 4) is 0 Å². The van der Waals surface area contributed by atoms with Gasteiger partial charge in [0.05, 0.1) is 0 Å². The maximum Gasteiger partial charge on any atom is 0.0108 e. The lowest BCUT2D eigenvalue weighted by Gasteiger charge is -2.24. The second kappa shape index (κ2) is 4.37. The van der Waals surface area contributed by atoms with Crippen LogP contribution in [0.15, 0.2) is 23.1 Å². The minimum absolute atomic E-state index is 0.680. The highest BCUT2D eigenvalue weighted by Gasteiger charge is 2.16. The second-order valence-corrected chi connectivity index (χ2v) is 4.74. The van der Waals surface area contributed by atoms with Crippen molar-refractivity contribution in [2.75, 3.05) is 13.3 Å². The van der Waals surface area contributed by atoms with E-state index in [2.05, 4.69) is 36.8 Å². The Morgan fingerprint density at radius 3 is 2.93 bits per heavy atom. The summed E-state index contributed by atoms with van der Waals surface area (Å²) in [5.74, 6) is 0. The Balaban J connectivity index is 2.25. The average Bonchev–Trinajstić information content (AvgIpc) is 2.27. The molecule has 14 heavy (non-hydrogen) atoms. The van der Waals surface area contributed by atoms with Crippen LogP contribution in [0.5, 0.6) is 0 Å². The Labute approximate surface area is 90.3 Å². The molecule has 1 aromatic carbocycles. The van der Waals surface area contributed by atoms with Gasteiger partial charge in [0.15, 0.2) is 0 Å². The number of fused-ring (bicyclic) bond motifs is 1. The molecule has 1 aliphatic carbocycles. The molecule has 0 aliphatic heterocycles. The molecule has 1 atom stereocenters. The van der Waals surface area contributed by atoms with Gasteiger partial charge in [0.25, 0.3) is 0 Å². The van der Waals surface area contributed by atoms with Crippen LogP contribution in [-0.4, -0.2) is 19.3 Å². The van der Waals surface area contributed by atoms with Crippen LogP contribution in [0.25, 0.3) is 0 Å². The third kappa shape index (κ3) is 1.96. The first kappa shape index (κ1) is 10.1. The number of aryl methyl sites for hydroxylation is 1. The van der Waals surface area contributed by atoms with E-state index in [1.807, 2.05) is 11.8 Å². The molecule has 1 aromatic rings. The van der Waals surface area contributed by atoms with Gasteiger partial charge in [-0.15, -0.1) is 11.8 Å². The largest absolute Gasteiger partial charge is 0.317 e. The SMILES string of the molecule is CNC1CCc2ccc(SC)cc2C1. The molecule has 0 aromatic heterocycles. The lowest BCUT2D eigenvalue weighted by Crippen LogP contribution is -2.31. The van der Waals surface area contributed by atoms with Gasteiger partial charge in [-0.2, -0.15) is 0 Å². The zero-order valence-corrected chi connectivity index (χ0v) is 9.66. The summed E-state index contributed by atoms with van der Waals surface area (Å²) in [5, 5.41) is 3.38. The molecule has 76 valence electrons. The molecular formula is C12H17NS. The molecule has 0 radical (unpaired) electrons. The number of hydrogen-bond acceptors (Lipinski definition) is 2. The zero-order chi connectivity index (χ0) is 9.97. The average molecular weight is 207 g/mol. The topological polar surface area (TPSA) is 12.0 Å². The third-order valence-electron chi connectivity index (χ3n) is 3.05. The first-order chi connectivity index (χ1) is 6.83. The van der Waals surface area contributed by atoms with E-state index in [0.717, 1.165) is 0 Å². The normalized spacial score (nSPS) is 20.6. The van der Waals surface area contributed by atoms with Gasteiger partial charge in [-0.05, 0) is 55.8 Å². The fraction of sp³-hybridized carbons (Fsp3) is 0.500. The fourth-order valence-corrected chi connectivity index (χ4v) is 2.57. The highest BCUT2D eigenvalue weighted by Crippen LogP contribution is 2.25. The molecule has 1 nitrogen and oxygen atoms in total. The summed E-state index contributed by atoms with van der Waals surface area (Å²) in [5.41, 5.74) is 3.09. The van der Waals surface area contributed by atoms with E-state index in [9.17, 15) is 0 Å². The van der Waals surface area contributed by atoms with Gasteiger partial charge < -0.3 is 5.32 Å². The minimum atomic E-state index is 0.680. The number of benzene rings is 1. The summed E-state index contributed by atoms with van der Waals surface area (Å²) in [7, 11) is 2.06. The molecule has 2 rings (SSSR count). The highest BCUT2D eigenvalue weighted by molar-refractivity contribution is 7.98. The summed E-state index contributed by atoms with van der Waals surface area (Å²) < 4.78 is 0. The smallest absolute Gasteiger partial charge is 0.0108 e. The zero-order valence-electron chi connectivity index (χ0n) is 8.84. The fourth-order valence-electron chi connectivity index (χ4n) is 2.11. The van der Waals surface area contributed by atoms with E-state index < -0.39 is 0 Å². The first-order valence-electron chi connectivity index (χ1n) is 5.16. The van der Waals surface area contributed by atoms with E-state index in [1.165, 1.54) is 24.2 Å². The monoisotopic (exact) mass is 207 g/mol. The van der Waals surface area contributed by atoms with Crippen molar-refractivity contribution in [3.63, 3.8) is 0 Å². The summed E-state index contributed by atoms with van der Waals surface area (Å²) in [6.45, 7) is 0. The molecule has 0 heterocycles. The quantitative estimate of drug-likeness (QED) is 0.748. The Hall–Kier alpha value is -0.470. The molecule has 0 saturated carbocycles. The predicted octanol–water partition coefficient (Wildman–Crippen LogP) is 2.49. The van der Waals surface area contributed by atoms with Crippen molar-refractivity contribution in [2.24, 2.45) is 0 Å². The molecule has 0 saturated heterocycles. The van der Waals surface area contributed by atoms with Crippen LogP contribution < -0.4 is 5.32 Å². The Bertz CT molecular complexity index is 322. The van der Waals surface area contributed by atoms with Gasteiger partial charge >= 0.3 is 0 Å². The molecular weight excluding hydrogens is 190 g/mol. The number of rotatable bonds is 2. The first-order valence-corrected chi connectivity index (χ1v) is 6.39. The minimum Gasteiger partial charge on any atom is -0.317 e. The molecule has 1 aliphatic rings. The van der Waals surface area contributed by atoms with E-state index in [-0.39, 0.29) is 0 Å². The Morgan fingerprint density at radius 1 is 1.36 bits per heavy atom. The molecule has 1 unspecified atom stereocenters. The van der Waals surface area contributed by atoms with Crippen molar-refractivity contribution in [1.29, 1.82) is 0 Å². The van der Waals surface area contributed by atoms with E-state index in [1.54, 1.807) is 11.1 Å². The van der Waals surface area contributed by atoms with Gasteiger partial charge in [0.2, 0.25) is 0 Å². The van der Waals surface area contributed by atoms with Gasteiger partial charge in [-0.3, -0.25) is 0 Å². The summed E-state index contributed by atoms with van der Waals surface area (Å²) in [6, 6.07) is 7.57. The van der Waals surface area contributed by atoms with Gasteiger partial charge in [0.1, 0.15) is 0 Å². The van der Waals surface area contributed by atoms with Crippen LogP contribution in [0.3, 0.4) is 0 Å². The van der Waals surface area contributed by atoms with Crippen LogP contribution >= 0.6 is 11.8 Å². The standard InChI is InChI=1S/C12H17NS/c1-13-11-5-3-9-4-6-12(14-2)8-10(9)7-11/h4,6,8,11,13H,3,5,7H2,1-2H3. The molecule has 0 spiro atoms. The van der Waals surface area contributed by atoms with Crippen molar-refractivity contribution < 1.29 is 0 Å². The van der Waals surface area contributed by atoms with Crippen molar-refractivity contribution >= 4 is 11.8 Å². The second-order valence-electron chi connectivity index (χ2n) is 3.86. The van der Waals surface area contributed by atoms with Crippen LogP contribution in [0.4, 0.5) is 0 Å². The lowest BCUT2D eigenvalue weighted by molar-refractivity contribution is 0.495. The van der Waals surface area contributed by atoms with Crippen LogP contribution in [-0.2, 0) is 12.8 Å². The Morgan fingerprint density at radius 2 is 2.21 bits per heavy atom. The highest BCUT2D eigenvalue weighted by atomic mass is 32.2. The van der Waals surface area contributed by atoms with E-state index in [4.69, 9.17) is 0 Å². The molecule has 0 bridgehead atoms. The van der Waals surface area contributed by atoms with Crippen molar-refractivity contribution in [3.05, 3.63) is 29.3 Å². The number of likely N-dealkylation sites (N-methyl/N-ethyl adjacent to an activating group) is 1. The predicted molar refractivity (Wildman–Crippen MR) is 63.1 cm³/mol. The van der Waals surface area contributed by atoms with Gasteiger partial charge in [-0.1, -0.05) is 6.07 Å². The third-order valence-corrected chi connectivity index (χ3v) is 3.78. The summed E-state index contributed by atoms with van der Waals surface area (Å²) in [4.78, 5) is 1.39. The van der Waals surface area contributed by atoms with Crippen LogP contribution in [0.1, 0.15) is 17.5 Å². The molecule has 0 amide bonds. The summed E-state index contributed by atoms with van der Waals surface area (Å²) >= 11 is 1.83. The molecule has 2 heteroatoms. The number of hydrogen-bond donors (Lipinski definition) is 1.